The second-order valence-electron chi connectivity index (χ2n) is 4.78. The first-order valence-corrected chi connectivity index (χ1v) is 7.77. The van der Waals surface area contributed by atoms with E-state index in [4.69, 9.17) is 27.9 Å². The maximum atomic E-state index is 12.0. The minimum absolute atomic E-state index is 0.318. The first kappa shape index (κ1) is 18.0. The van der Waals surface area contributed by atoms with Gasteiger partial charge in [0.2, 0.25) is 0 Å². The Labute approximate surface area is 149 Å². The van der Waals surface area contributed by atoms with E-state index >= 15 is 0 Å². The van der Waals surface area contributed by atoms with E-state index in [9.17, 15) is 9.59 Å². The number of benzene rings is 1. The molecule has 0 saturated heterocycles. The van der Waals surface area contributed by atoms with Crippen molar-refractivity contribution in [1.29, 1.82) is 0 Å². The second-order valence-corrected chi connectivity index (χ2v) is 5.63. The van der Waals surface area contributed by atoms with Gasteiger partial charge in [0.05, 0.1) is 5.02 Å². The maximum absolute atomic E-state index is 12.0. The molecule has 0 saturated carbocycles. The first-order chi connectivity index (χ1) is 11.5. The smallest absolute Gasteiger partial charge is 0.331 e. The van der Waals surface area contributed by atoms with Crippen LogP contribution in [0.3, 0.4) is 0 Å². The van der Waals surface area contributed by atoms with Crippen LogP contribution in [0.1, 0.15) is 12.5 Å². The fourth-order valence-corrected chi connectivity index (χ4v) is 2.02. The molecule has 1 N–H and O–H groups in total. The molecule has 0 bridgehead atoms. The summed E-state index contributed by atoms with van der Waals surface area (Å²) in [5, 5.41) is 3.50. The number of aromatic nitrogens is 1. The van der Waals surface area contributed by atoms with Crippen molar-refractivity contribution in [3.8, 4) is 0 Å². The Morgan fingerprint density at radius 1 is 1.21 bits per heavy atom. The monoisotopic (exact) mass is 364 g/mol. The van der Waals surface area contributed by atoms with Gasteiger partial charge in [0.25, 0.3) is 5.91 Å². The van der Waals surface area contributed by atoms with Crippen molar-refractivity contribution in [2.24, 2.45) is 0 Å². The molecule has 0 fully saturated rings. The second kappa shape index (κ2) is 8.47. The van der Waals surface area contributed by atoms with Crippen molar-refractivity contribution in [3.63, 3.8) is 0 Å². The van der Waals surface area contributed by atoms with E-state index in [2.05, 4.69) is 10.3 Å². The van der Waals surface area contributed by atoms with Gasteiger partial charge in [-0.05, 0) is 36.8 Å². The Morgan fingerprint density at radius 3 is 2.62 bits per heavy atom. The van der Waals surface area contributed by atoms with Crippen molar-refractivity contribution < 1.29 is 14.3 Å². The molecule has 24 heavy (non-hydrogen) atoms. The van der Waals surface area contributed by atoms with Crippen LogP contribution in [0.2, 0.25) is 10.0 Å². The van der Waals surface area contributed by atoms with Gasteiger partial charge in [-0.2, -0.15) is 0 Å². The summed E-state index contributed by atoms with van der Waals surface area (Å²) in [6.07, 6.45) is 3.16. The molecule has 0 aliphatic rings. The molecule has 1 heterocycles. The number of anilines is 1. The Hall–Kier alpha value is -2.37. The fraction of sp³-hybridized carbons (Fsp3) is 0.118. The molecule has 1 amide bonds. The predicted molar refractivity (Wildman–Crippen MR) is 93.9 cm³/mol. The molecular formula is C17H14Cl2N2O3. The highest BCUT2D eigenvalue weighted by atomic mass is 35.5. The molecule has 2 aromatic rings. The number of nitrogens with zero attached hydrogens (tertiary/aromatic N) is 1. The van der Waals surface area contributed by atoms with E-state index in [1.54, 1.807) is 36.4 Å². The van der Waals surface area contributed by atoms with Crippen LogP contribution in [0, 0.1) is 0 Å². The zero-order valence-electron chi connectivity index (χ0n) is 12.7. The van der Waals surface area contributed by atoms with Crippen LogP contribution in [0.5, 0.6) is 0 Å². The number of amides is 1. The zero-order chi connectivity index (χ0) is 17.5. The van der Waals surface area contributed by atoms with Gasteiger partial charge in [0.1, 0.15) is 5.82 Å². The van der Waals surface area contributed by atoms with Gasteiger partial charge in [-0.3, -0.25) is 4.79 Å². The summed E-state index contributed by atoms with van der Waals surface area (Å²) in [6, 6.07) is 10.2. The minimum atomic E-state index is -0.981. The molecule has 2 rings (SSSR count). The number of esters is 1. The molecule has 1 atom stereocenters. The number of hydrogen-bond donors (Lipinski definition) is 1. The van der Waals surface area contributed by atoms with E-state index in [1.165, 1.54) is 25.3 Å². The van der Waals surface area contributed by atoms with Crippen LogP contribution < -0.4 is 5.32 Å². The van der Waals surface area contributed by atoms with Crippen molar-refractivity contribution in [2.75, 3.05) is 5.32 Å². The third kappa shape index (κ3) is 5.37. The maximum Gasteiger partial charge on any atom is 0.331 e. The van der Waals surface area contributed by atoms with Crippen LogP contribution in [-0.2, 0) is 14.3 Å². The van der Waals surface area contributed by atoms with Gasteiger partial charge in [0, 0.05) is 17.3 Å². The molecule has 0 spiro atoms. The number of hydrogen-bond acceptors (Lipinski definition) is 4. The third-order valence-electron chi connectivity index (χ3n) is 2.95. The lowest BCUT2D eigenvalue weighted by Crippen LogP contribution is -2.29. The average Bonchev–Trinajstić information content (AvgIpc) is 2.56. The van der Waals surface area contributed by atoms with Crippen LogP contribution in [0.4, 0.5) is 5.82 Å². The average molecular weight is 365 g/mol. The van der Waals surface area contributed by atoms with Crippen molar-refractivity contribution in [3.05, 3.63) is 64.3 Å². The topological polar surface area (TPSA) is 68.3 Å². The van der Waals surface area contributed by atoms with Crippen LogP contribution in [0.25, 0.3) is 6.08 Å². The zero-order valence-corrected chi connectivity index (χ0v) is 14.2. The standard InChI is InChI=1S/C17H14Cl2N2O3/c1-11(17(23)21-15-8-7-13(18)10-20-15)24-16(22)9-6-12-4-2-3-5-14(12)19/h2-11H,1H3,(H,20,21,23)/b9-6+/t11-/m0/s1. The molecular weight excluding hydrogens is 351 g/mol. The molecule has 0 radical (unpaired) electrons. The number of rotatable bonds is 5. The highest BCUT2D eigenvalue weighted by Gasteiger charge is 2.17. The van der Waals surface area contributed by atoms with Crippen molar-refractivity contribution >= 4 is 47.0 Å². The number of ether oxygens (including phenoxy) is 1. The Kier molecular flexibility index (Phi) is 6.35. The quantitative estimate of drug-likeness (QED) is 0.643. The van der Waals surface area contributed by atoms with E-state index in [-0.39, 0.29) is 0 Å². The van der Waals surface area contributed by atoms with Gasteiger partial charge in [0.15, 0.2) is 6.10 Å². The van der Waals surface area contributed by atoms with E-state index in [1.807, 2.05) is 0 Å². The molecule has 7 heteroatoms. The number of halogens is 2. The highest BCUT2D eigenvalue weighted by Crippen LogP contribution is 2.16. The van der Waals surface area contributed by atoms with E-state index in [0.29, 0.717) is 21.4 Å². The lowest BCUT2D eigenvalue weighted by atomic mass is 10.2. The number of carbonyl (C=O) groups is 2. The molecule has 0 aliphatic carbocycles. The lowest BCUT2D eigenvalue weighted by Gasteiger charge is -2.11. The predicted octanol–water partition coefficient (Wildman–Crippen LogP) is 3.97. The summed E-state index contributed by atoms with van der Waals surface area (Å²) in [7, 11) is 0. The van der Waals surface area contributed by atoms with Gasteiger partial charge in [-0.15, -0.1) is 0 Å². The van der Waals surface area contributed by atoms with Gasteiger partial charge in [-0.25, -0.2) is 9.78 Å². The Morgan fingerprint density at radius 2 is 1.96 bits per heavy atom. The number of nitrogens with one attached hydrogen (secondary N) is 1. The fourth-order valence-electron chi connectivity index (χ4n) is 1.71. The molecule has 1 aromatic carbocycles. The molecule has 0 aliphatic heterocycles. The van der Waals surface area contributed by atoms with E-state index < -0.39 is 18.0 Å². The van der Waals surface area contributed by atoms with E-state index in [0.717, 1.165) is 0 Å². The number of pyridine rings is 1. The normalized spacial score (nSPS) is 12.0. The van der Waals surface area contributed by atoms with Gasteiger partial charge < -0.3 is 10.1 Å². The van der Waals surface area contributed by atoms with Crippen molar-refractivity contribution in [2.45, 2.75) is 13.0 Å². The summed E-state index contributed by atoms with van der Waals surface area (Å²) < 4.78 is 5.03. The molecule has 5 nitrogen and oxygen atoms in total. The summed E-state index contributed by atoms with van der Waals surface area (Å²) in [5.74, 6) is -0.829. The molecule has 124 valence electrons. The Bertz CT molecular complexity index is 761. The molecule has 0 unspecified atom stereocenters. The van der Waals surface area contributed by atoms with Crippen LogP contribution in [-0.4, -0.2) is 23.0 Å². The first-order valence-electron chi connectivity index (χ1n) is 7.01. The SMILES string of the molecule is C[C@H](OC(=O)/C=C/c1ccccc1Cl)C(=O)Nc1ccc(Cl)cn1. The van der Waals surface area contributed by atoms with Gasteiger partial charge >= 0.3 is 5.97 Å². The number of carbonyl (C=O) groups excluding carboxylic acids is 2. The van der Waals surface area contributed by atoms with Crippen LogP contribution in [0.15, 0.2) is 48.7 Å². The largest absolute Gasteiger partial charge is 0.449 e. The van der Waals surface area contributed by atoms with Crippen LogP contribution >= 0.6 is 23.2 Å². The third-order valence-corrected chi connectivity index (χ3v) is 3.51. The van der Waals surface area contributed by atoms with Crippen molar-refractivity contribution in [1.82, 2.24) is 4.98 Å². The van der Waals surface area contributed by atoms with Gasteiger partial charge in [-0.1, -0.05) is 41.4 Å². The summed E-state index contributed by atoms with van der Waals surface area (Å²) in [5.41, 5.74) is 0.679. The molecule has 1 aromatic heterocycles. The summed E-state index contributed by atoms with van der Waals surface area (Å²) in [6.45, 7) is 1.46. The lowest BCUT2D eigenvalue weighted by molar-refractivity contribution is -0.148. The summed E-state index contributed by atoms with van der Waals surface area (Å²) >= 11 is 11.7. The highest BCUT2D eigenvalue weighted by molar-refractivity contribution is 6.32. The minimum Gasteiger partial charge on any atom is -0.449 e. The summed E-state index contributed by atoms with van der Waals surface area (Å²) in [4.78, 5) is 27.7. The Balaban J connectivity index is 1.90.